The molecule has 1 aromatic rings. The van der Waals surface area contributed by atoms with Gasteiger partial charge in [-0.15, -0.1) is 12.4 Å². The van der Waals surface area contributed by atoms with Crippen LogP contribution in [-0.2, 0) is 16.1 Å². The smallest absolute Gasteiger partial charge is 0.223 e. The van der Waals surface area contributed by atoms with E-state index in [0.717, 1.165) is 31.5 Å². The summed E-state index contributed by atoms with van der Waals surface area (Å²) in [6.45, 7) is 6.34. The van der Waals surface area contributed by atoms with E-state index in [2.05, 4.69) is 17.6 Å². The van der Waals surface area contributed by atoms with Crippen molar-refractivity contribution in [2.45, 2.75) is 45.6 Å². The lowest BCUT2D eigenvalue weighted by molar-refractivity contribution is -0.136. The Morgan fingerprint density at radius 1 is 1.18 bits per heavy atom. The van der Waals surface area contributed by atoms with Gasteiger partial charge in [0.05, 0.1) is 0 Å². The molecule has 6 heteroatoms. The van der Waals surface area contributed by atoms with Crippen LogP contribution in [-0.4, -0.2) is 42.9 Å². The number of halogens is 1. The molecular weight excluding hydrogens is 374 g/mol. The van der Waals surface area contributed by atoms with Crippen molar-refractivity contribution in [3.05, 3.63) is 35.9 Å². The van der Waals surface area contributed by atoms with Crippen molar-refractivity contribution >= 4 is 24.2 Å². The third-order valence-electron chi connectivity index (χ3n) is 6.16. The Hall–Kier alpha value is -1.59. The second kappa shape index (κ2) is 11.4. The number of likely N-dealkylation sites (tertiary alicyclic amines) is 1. The number of nitrogens with one attached hydrogen (secondary N) is 2. The van der Waals surface area contributed by atoms with E-state index < -0.39 is 0 Å². The highest BCUT2D eigenvalue weighted by atomic mass is 35.5. The second-order valence-electron chi connectivity index (χ2n) is 8.15. The van der Waals surface area contributed by atoms with Crippen molar-refractivity contribution in [1.82, 2.24) is 15.5 Å². The molecule has 28 heavy (non-hydrogen) atoms. The molecule has 2 heterocycles. The molecule has 5 nitrogen and oxygen atoms in total. The normalized spacial score (nSPS) is 21.5. The Kier molecular flexibility index (Phi) is 9.26. The quantitative estimate of drug-likeness (QED) is 0.762. The van der Waals surface area contributed by atoms with Crippen LogP contribution in [0.25, 0.3) is 0 Å². The molecule has 1 aromatic carbocycles. The Labute approximate surface area is 175 Å². The van der Waals surface area contributed by atoms with Crippen LogP contribution < -0.4 is 10.6 Å². The lowest BCUT2D eigenvalue weighted by Gasteiger charge is -2.34. The van der Waals surface area contributed by atoms with E-state index in [0.29, 0.717) is 37.9 Å². The lowest BCUT2D eigenvalue weighted by Crippen LogP contribution is -2.44. The van der Waals surface area contributed by atoms with Crippen LogP contribution in [0.2, 0.25) is 0 Å². The van der Waals surface area contributed by atoms with Gasteiger partial charge < -0.3 is 15.5 Å². The third-order valence-corrected chi connectivity index (χ3v) is 6.16. The van der Waals surface area contributed by atoms with Crippen molar-refractivity contribution in [2.75, 3.05) is 26.2 Å². The standard InChI is InChI=1S/C22H33N3O2.ClH/c1-17(20-8-5-11-23-16-20)14-21(26)25-12-9-19(10-13-25)22(27)24-15-18-6-3-2-4-7-18;/h2-4,6-7,17,19-20,23H,5,8-16H2,1H3,(H,24,27);1H. The molecule has 2 saturated heterocycles. The van der Waals surface area contributed by atoms with E-state index in [9.17, 15) is 9.59 Å². The van der Waals surface area contributed by atoms with Gasteiger partial charge in [0.1, 0.15) is 0 Å². The molecule has 2 aliphatic heterocycles. The highest BCUT2D eigenvalue weighted by Crippen LogP contribution is 2.25. The van der Waals surface area contributed by atoms with Crippen LogP contribution in [0.3, 0.4) is 0 Å². The maximum absolute atomic E-state index is 12.6. The number of nitrogens with zero attached hydrogens (tertiary/aromatic N) is 1. The average Bonchev–Trinajstić information content (AvgIpc) is 2.73. The minimum atomic E-state index is 0. The van der Waals surface area contributed by atoms with Crippen LogP contribution in [0.4, 0.5) is 0 Å². The Morgan fingerprint density at radius 2 is 1.89 bits per heavy atom. The topological polar surface area (TPSA) is 61.4 Å². The van der Waals surface area contributed by atoms with Gasteiger partial charge in [-0.2, -0.15) is 0 Å². The highest BCUT2D eigenvalue weighted by molar-refractivity contribution is 5.85. The molecule has 0 aliphatic carbocycles. The van der Waals surface area contributed by atoms with E-state index in [4.69, 9.17) is 0 Å². The van der Waals surface area contributed by atoms with Gasteiger partial charge in [0.15, 0.2) is 0 Å². The average molecular weight is 408 g/mol. The van der Waals surface area contributed by atoms with E-state index in [-0.39, 0.29) is 30.1 Å². The number of benzene rings is 1. The van der Waals surface area contributed by atoms with Gasteiger partial charge in [0, 0.05) is 32.0 Å². The molecule has 156 valence electrons. The van der Waals surface area contributed by atoms with Crippen LogP contribution >= 0.6 is 12.4 Å². The predicted octanol–water partition coefficient (Wildman–Crippen LogP) is 2.99. The fraction of sp³-hybridized carbons (Fsp3) is 0.636. The summed E-state index contributed by atoms with van der Waals surface area (Å²) in [4.78, 5) is 27.0. The third kappa shape index (κ3) is 6.49. The number of amides is 2. The maximum Gasteiger partial charge on any atom is 0.223 e. The molecule has 2 unspecified atom stereocenters. The first-order valence-corrected chi connectivity index (χ1v) is 10.4. The first-order chi connectivity index (χ1) is 13.1. The molecule has 2 fully saturated rings. The Morgan fingerprint density at radius 3 is 2.54 bits per heavy atom. The number of carbonyl (C=O) groups is 2. The van der Waals surface area contributed by atoms with Gasteiger partial charge in [-0.1, -0.05) is 37.3 Å². The zero-order valence-corrected chi connectivity index (χ0v) is 17.7. The summed E-state index contributed by atoms with van der Waals surface area (Å²) in [5, 5.41) is 6.48. The van der Waals surface area contributed by atoms with Crippen LogP contribution in [0.15, 0.2) is 30.3 Å². The van der Waals surface area contributed by atoms with Crippen molar-refractivity contribution in [3.8, 4) is 0 Å². The summed E-state index contributed by atoms with van der Waals surface area (Å²) in [5.74, 6) is 1.45. The Balaban J connectivity index is 0.00000280. The molecule has 2 N–H and O–H groups in total. The van der Waals surface area contributed by atoms with E-state index >= 15 is 0 Å². The number of carbonyl (C=O) groups excluding carboxylic acids is 2. The summed E-state index contributed by atoms with van der Waals surface area (Å²) < 4.78 is 0. The second-order valence-corrected chi connectivity index (χ2v) is 8.15. The molecule has 0 bridgehead atoms. The molecule has 0 saturated carbocycles. The summed E-state index contributed by atoms with van der Waals surface area (Å²) >= 11 is 0. The minimum absolute atomic E-state index is 0. The monoisotopic (exact) mass is 407 g/mol. The largest absolute Gasteiger partial charge is 0.352 e. The van der Waals surface area contributed by atoms with Gasteiger partial charge in [-0.3, -0.25) is 9.59 Å². The summed E-state index contributed by atoms with van der Waals surface area (Å²) in [7, 11) is 0. The van der Waals surface area contributed by atoms with Gasteiger partial charge >= 0.3 is 0 Å². The van der Waals surface area contributed by atoms with Crippen molar-refractivity contribution in [1.29, 1.82) is 0 Å². The molecule has 2 atom stereocenters. The van der Waals surface area contributed by atoms with Crippen LogP contribution in [0.5, 0.6) is 0 Å². The van der Waals surface area contributed by atoms with Gasteiger partial charge in [-0.25, -0.2) is 0 Å². The molecule has 0 aromatic heterocycles. The molecule has 0 radical (unpaired) electrons. The SMILES string of the molecule is CC(CC(=O)N1CCC(C(=O)NCc2ccccc2)CC1)C1CCCNC1.Cl. The fourth-order valence-corrected chi connectivity index (χ4v) is 4.26. The lowest BCUT2D eigenvalue weighted by atomic mass is 9.85. The maximum atomic E-state index is 12.6. The van der Waals surface area contributed by atoms with E-state index in [1.807, 2.05) is 35.2 Å². The van der Waals surface area contributed by atoms with Crippen molar-refractivity contribution in [3.63, 3.8) is 0 Å². The number of hydrogen-bond acceptors (Lipinski definition) is 3. The number of hydrogen-bond donors (Lipinski definition) is 2. The number of piperidine rings is 2. The minimum Gasteiger partial charge on any atom is -0.352 e. The molecule has 0 spiro atoms. The van der Waals surface area contributed by atoms with Crippen LogP contribution in [0, 0.1) is 17.8 Å². The first-order valence-electron chi connectivity index (χ1n) is 10.4. The molecule has 3 rings (SSSR count). The summed E-state index contributed by atoms with van der Waals surface area (Å²) in [5.41, 5.74) is 1.12. The molecule has 2 aliphatic rings. The zero-order valence-electron chi connectivity index (χ0n) is 16.9. The van der Waals surface area contributed by atoms with Gasteiger partial charge in [0.2, 0.25) is 11.8 Å². The summed E-state index contributed by atoms with van der Waals surface area (Å²) in [6.07, 6.45) is 4.62. The fourth-order valence-electron chi connectivity index (χ4n) is 4.26. The first kappa shape index (κ1) is 22.7. The highest BCUT2D eigenvalue weighted by Gasteiger charge is 2.29. The predicted molar refractivity (Wildman–Crippen MR) is 114 cm³/mol. The van der Waals surface area contributed by atoms with Crippen LogP contribution in [0.1, 0.15) is 44.6 Å². The van der Waals surface area contributed by atoms with Crippen molar-refractivity contribution < 1.29 is 9.59 Å². The van der Waals surface area contributed by atoms with Gasteiger partial charge in [-0.05, 0) is 56.2 Å². The molecule has 2 amide bonds. The zero-order chi connectivity index (χ0) is 19.1. The van der Waals surface area contributed by atoms with E-state index in [1.54, 1.807) is 0 Å². The summed E-state index contributed by atoms with van der Waals surface area (Å²) in [6, 6.07) is 9.98. The Bertz CT molecular complexity index is 611. The van der Waals surface area contributed by atoms with E-state index in [1.165, 1.54) is 12.8 Å². The van der Waals surface area contributed by atoms with Crippen molar-refractivity contribution in [2.24, 2.45) is 17.8 Å². The molecular formula is C22H34ClN3O2. The van der Waals surface area contributed by atoms with Gasteiger partial charge in [0.25, 0.3) is 0 Å². The number of rotatable bonds is 6.